The van der Waals surface area contributed by atoms with Crippen LogP contribution in [0.2, 0.25) is 0 Å². The van der Waals surface area contributed by atoms with Gasteiger partial charge in [-0.25, -0.2) is 8.78 Å². The lowest BCUT2D eigenvalue weighted by atomic mass is 9.96. The maximum Gasteiger partial charge on any atom is 0.145 e. The Kier molecular flexibility index (Phi) is 4.40. The SMILES string of the molecule is COc1ccc(C)cc1C(N)c1c(F)ccc(Br)c1F. The highest BCUT2D eigenvalue weighted by Gasteiger charge is 2.23. The fourth-order valence-electron chi connectivity index (χ4n) is 2.08. The molecular formula is C15H14BrF2NO. The van der Waals surface area contributed by atoms with Gasteiger partial charge in [0, 0.05) is 11.1 Å². The normalized spacial score (nSPS) is 12.3. The number of nitrogens with two attached hydrogens (primary N) is 1. The highest BCUT2D eigenvalue weighted by molar-refractivity contribution is 9.10. The van der Waals surface area contributed by atoms with Crippen LogP contribution >= 0.6 is 15.9 Å². The van der Waals surface area contributed by atoms with Crippen molar-refractivity contribution in [1.82, 2.24) is 0 Å². The van der Waals surface area contributed by atoms with Crippen molar-refractivity contribution in [1.29, 1.82) is 0 Å². The molecule has 0 saturated heterocycles. The van der Waals surface area contributed by atoms with Gasteiger partial charge in [0.2, 0.25) is 0 Å². The Labute approximate surface area is 124 Å². The van der Waals surface area contributed by atoms with Crippen LogP contribution in [0.5, 0.6) is 5.75 Å². The zero-order valence-electron chi connectivity index (χ0n) is 11.1. The topological polar surface area (TPSA) is 35.2 Å². The molecule has 2 rings (SSSR count). The second-order valence-corrected chi connectivity index (χ2v) is 5.33. The first kappa shape index (κ1) is 14.9. The Morgan fingerprint density at radius 1 is 1.20 bits per heavy atom. The largest absolute Gasteiger partial charge is 0.496 e. The number of halogens is 3. The summed E-state index contributed by atoms with van der Waals surface area (Å²) in [5.74, 6) is -0.871. The third-order valence-corrected chi connectivity index (χ3v) is 3.72. The molecule has 0 aromatic heterocycles. The molecule has 0 aliphatic carbocycles. The molecule has 0 heterocycles. The van der Waals surface area contributed by atoms with E-state index in [0.717, 1.165) is 5.56 Å². The lowest BCUT2D eigenvalue weighted by molar-refractivity contribution is 0.406. The minimum absolute atomic E-state index is 0.177. The Bertz CT molecular complexity index is 646. The van der Waals surface area contributed by atoms with Gasteiger partial charge in [-0.15, -0.1) is 0 Å². The van der Waals surface area contributed by atoms with Gasteiger partial charge >= 0.3 is 0 Å². The standard InChI is InChI=1S/C15H14BrF2NO/c1-8-3-6-12(20-2)9(7-8)15(19)13-11(17)5-4-10(16)14(13)18/h3-7,15H,19H2,1-2H3. The van der Waals surface area contributed by atoms with Crippen molar-refractivity contribution in [2.75, 3.05) is 7.11 Å². The summed E-state index contributed by atoms with van der Waals surface area (Å²) in [6.07, 6.45) is 0. The lowest BCUT2D eigenvalue weighted by Gasteiger charge is -2.18. The monoisotopic (exact) mass is 341 g/mol. The quantitative estimate of drug-likeness (QED) is 0.853. The highest BCUT2D eigenvalue weighted by atomic mass is 79.9. The van der Waals surface area contributed by atoms with Crippen molar-refractivity contribution in [3.8, 4) is 5.75 Å². The maximum atomic E-state index is 14.1. The Balaban J connectivity index is 2.60. The summed E-state index contributed by atoms with van der Waals surface area (Å²) in [6, 6.07) is 6.91. The number of rotatable bonds is 3. The number of hydrogen-bond donors (Lipinski definition) is 1. The number of methoxy groups -OCH3 is 1. The summed E-state index contributed by atoms with van der Waals surface area (Å²) in [4.78, 5) is 0. The van der Waals surface area contributed by atoms with Crippen molar-refractivity contribution in [3.63, 3.8) is 0 Å². The first-order valence-corrected chi connectivity index (χ1v) is 6.78. The van der Waals surface area contributed by atoms with E-state index in [2.05, 4.69) is 15.9 Å². The second-order valence-electron chi connectivity index (χ2n) is 4.48. The van der Waals surface area contributed by atoms with Crippen LogP contribution in [0.1, 0.15) is 22.7 Å². The third kappa shape index (κ3) is 2.69. The molecule has 0 bridgehead atoms. The average Bonchev–Trinajstić information content (AvgIpc) is 2.43. The van der Waals surface area contributed by atoms with Gasteiger partial charge < -0.3 is 10.5 Å². The van der Waals surface area contributed by atoms with E-state index in [-0.39, 0.29) is 10.0 Å². The van der Waals surface area contributed by atoms with Gasteiger partial charge in [0.15, 0.2) is 0 Å². The maximum absolute atomic E-state index is 14.1. The van der Waals surface area contributed by atoms with E-state index in [1.165, 1.54) is 19.2 Å². The summed E-state index contributed by atoms with van der Waals surface area (Å²) in [6.45, 7) is 1.88. The van der Waals surface area contributed by atoms with Gasteiger partial charge in [-0.3, -0.25) is 0 Å². The van der Waals surface area contributed by atoms with Crippen molar-refractivity contribution in [2.24, 2.45) is 5.73 Å². The fourth-order valence-corrected chi connectivity index (χ4v) is 2.43. The molecular weight excluding hydrogens is 328 g/mol. The van der Waals surface area contributed by atoms with Crippen LogP contribution in [0, 0.1) is 18.6 Å². The van der Waals surface area contributed by atoms with E-state index in [0.29, 0.717) is 11.3 Å². The first-order chi connectivity index (χ1) is 9.45. The van der Waals surface area contributed by atoms with Crippen molar-refractivity contribution in [2.45, 2.75) is 13.0 Å². The van der Waals surface area contributed by atoms with E-state index in [9.17, 15) is 8.78 Å². The summed E-state index contributed by atoms with van der Waals surface area (Å²) < 4.78 is 33.4. The second kappa shape index (κ2) is 5.89. The molecule has 0 radical (unpaired) electrons. The van der Waals surface area contributed by atoms with E-state index < -0.39 is 17.7 Å². The van der Waals surface area contributed by atoms with E-state index in [4.69, 9.17) is 10.5 Å². The molecule has 0 spiro atoms. The van der Waals surface area contributed by atoms with Gasteiger partial charge in [-0.2, -0.15) is 0 Å². The molecule has 1 atom stereocenters. The van der Waals surface area contributed by atoms with Gasteiger partial charge in [0.05, 0.1) is 17.6 Å². The van der Waals surface area contributed by atoms with Crippen LogP contribution in [-0.2, 0) is 0 Å². The molecule has 0 saturated carbocycles. The van der Waals surface area contributed by atoms with Gasteiger partial charge in [0.1, 0.15) is 17.4 Å². The van der Waals surface area contributed by atoms with Crippen molar-refractivity contribution < 1.29 is 13.5 Å². The van der Waals surface area contributed by atoms with Crippen LogP contribution < -0.4 is 10.5 Å². The summed E-state index contributed by atoms with van der Waals surface area (Å²) in [5, 5.41) is 0. The molecule has 106 valence electrons. The van der Waals surface area contributed by atoms with Crippen LogP contribution in [0.4, 0.5) is 8.78 Å². The zero-order valence-corrected chi connectivity index (χ0v) is 12.7. The molecule has 1 unspecified atom stereocenters. The molecule has 0 fully saturated rings. The molecule has 2 N–H and O–H groups in total. The molecule has 20 heavy (non-hydrogen) atoms. The smallest absolute Gasteiger partial charge is 0.145 e. The molecule has 0 amide bonds. The van der Waals surface area contributed by atoms with Crippen molar-refractivity contribution >= 4 is 15.9 Å². The zero-order chi connectivity index (χ0) is 14.9. The molecule has 0 aliphatic heterocycles. The third-order valence-electron chi connectivity index (χ3n) is 3.11. The fraction of sp³-hybridized carbons (Fsp3) is 0.200. The predicted molar refractivity (Wildman–Crippen MR) is 77.8 cm³/mol. The lowest BCUT2D eigenvalue weighted by Crippen LogP contribution is -2.17. The van der Waals surface area contributed by atoms with Gasteiger partial charge in [-0.1, -0.05) is 17.7 Å². The molecule has 2 aromatic rings. The molecule has 5 heteroatoms. The summed E-state index contributed by atoms with van der Waals surface area (Å²) >= 11 is 3.04. The predicted octanol–water partition coefficient (Wildman–Crippen LogP) is 4.09. The van der Waals surface area contributed by atoms with Crippen molar-refractivity contribution in [3.05, 3.63) is 63.1 Å². The molecule has 0 aliphatic rings. The van der Waals surface area contributed by atoms with Crippen LogP contribution in [0.3, 0.4) is 0 Å². The first-order valence-electron chi connectivity index (χ1n) is 5.99. The Morgan fingerprint density at radius 2 is 1.90 bits per heavy atom. The van der Waals surface area contributed by atoms with Crippen LogP contribution in [-0.4, -0.2) is 7.11 Å². The van der Waals surface area contributed by atoms with Gasteiger partial charge in [0.25, 0.3) is 0 Å². The minimum Gasteiger partial charge on any atom is -0.496 e. The number of benzene rings is 2. The Hall–Kier alpha value is -1.46. The summed E-state index contributed by atoms with van der Waals surface area (Å²) in [5.41, 5.74) is 7.36. The molecule has 2 nitrogen and oxygen atoms in total. The minimum atomic E-state index is -0.942. The summed E-state index contributed by atoms with van der Waals surface area (Å²) in [7, 11) is 1.49. The molecule has 2 aromatic carbocycles. The average molecular weight is 342 g/mol. The highest BCUT2D eigenvalue weighted by Crippen LogP contribution is 2.33. The number of hydrogen-bond acceptors (Lipinski definition) is 2. The van der Waals surface area contributed by atoms with Crippen LogP contribution in [0.25, 0.3) is 0 Å². The van der Waals surface area contributed by atoms with E-state index in [1.54, 1.807) is 12.1 Å². The van der Waals surface area contributed by atoms with Gasteiger partial charge in [-0.05, 0) is 41.1 Å². The van der Waals surface area contributed by atoms with E-state index >= 15 is 0 Å². The number of ether oxygens (including phenoxy) is 1. The number of aryl methyl sites for hydroxylation is 1. The van der Waals surface area contributed by atoms with E-state index in [1.807, 2.05) is 13.0 Å². The van der Waals surface area contributed by atoms with Crippen LogP contribution in [0.15, 0.2) is 34.8 Å². The Morgan fingerprint density at radius 3 is 2.55 bits per heavy atom.